The Labute approximate surface area is 170 Å². The van der Waals surface area contributed by atoms with Gasteiger partial charge in [0, 0.05) is 37.2 Å². The summed E-state index contributed by atoms with van der Waals surface area (Å²) in [5, 5.41) is 5.99. The normalized spacial score (nSPS) is 15.7. The first-order chi connectivity index (χ1) is 12.3. The Morgan fingerprint density at radius 2 is 2.04 bits per heavy atom. The lowest BCUT2D eigenvalue weighted by atomic mass is 10.2. The SMILES string of the molecule is COc1ccc(NC(=O)C2CNCCO2)cc1OCc1ccncc1.Cl.Cl. The number of morpholine rings is 1. The second-order valence-electron chi connectivity index (χ2n) is 5.56. The van der Waals surface area contributed by atoms with Crippen LogP contribution < -0.4 is 20.1 Å². The molecule has 1 aromatic carbocycles. The standard InChI is InChI=1S/C18H21N3O4.2ClH/c1-23-15-3-2-14(21-18(22)17-11-20-8-9-24-17)10-16(15)25-12-13-4-6-19-7-5-13;;/h2-7,10,17,20H,8-9,11-12H2,1H3,(H,21,22);2*1H. The molecule has 7 nitrogen and oxygen atoms in total. The fourth-order valence-electron chi connectivity index (χ4n) is 2.46. The van der Waals surface area contributed by atoms with Crippen molar-refractivity contribution in [2.45, 2.75) is 12.7 Å². The molecule has 1 saturated heterocycles. The Morgan fingerprint density at radius 1 is 1.26 bits per heavy atom. The monoisotopic (exact) mass is 415 g/mol. The van der Waals surface area contributed by atoms with Crippen LogP contribution in [0.1, 0.15) is 5.56 Å². The molecule has 0 saturated carbocycles. The zero-order chi connectivity index (χ0) is 17.5. The van der Waals surface area contributed by atoms with Crippen LogP contribution in [0.15, 0.2) is 42.7 Å². The Kier molecular flexibility index (Phi) is 9.88. The zero-order valence-corrected chi connectivity index (χ0v) is 16.5. The molecular formula is C18H23Cl2N3O4. The van der Waals surface area contributed by atoms with Crippen LogP contribution in [0.4, 0.5) is 5.69 Å². The van der Waals surface area contributed by atoms with Crippen LogP contribution in [0.3, 0.4) is 0 Å². The molecule has 0 bridgehead atoms. The molecule has 1 aliphatic rings. The molecule has 0 aliphatic carbocycles. The summed E-state index contributed by atoms with van der Waals surface area (Å²) in [5.41, 5.74) is 1.62. The van der Waals surface area contributed by atoms with E-state index in [0.29, 0.717) is 36.9 Å². The number of amides is 1. The van der Waals surface area contributed by atoms with Gasteiger partial charge in [0.25, 0.3) is 5.91 Å². The lowest BCUT2D eigenvalue weighted by Crippen LogP contribution is -2.45. The largest absolute Gasteiger partial charge is 0.493 e. The van der Waals surface area contributed by atoms with Crippen LogP contribution >= 0.6 is 24.8 Å². The third-order valence-corrected chi connectivity index (χ3v) is 3.79. The first-order valence-corrected chi connectivity index (χ1v) is 8.09. The summed E-state index contributed by atoms with van der Waals surface area (Å²) in [6, 6.07) is 9.04. The number of carbonyl (C=O) groups is 1. The molecule has 0 spiro atoms. The summed E-state index contributed by atoms with van der Waals surface area (Å²) >= 11 is 0. The number of nitrogens with one attached hydrogen (secondary N) is 2. The fraction of sp³-hybridized carbons (Fsp3) is 0.333. The Balaban J connectivity index is 0.00000182. The summed E-state index contributed by atoms with van der Waals surface area (Å²) in [7, 11) is 1.58. The molecule has 2 N–H and O–H groups in total. The maximum atomic E-state index is 12.3. The van der Waals surface area contributed by atoms with Gasteiger partial charge in [-0.2, -0.15) is 0 Å². The number of hydrogen-bond donors (Lipinski definition) is 2. The molecule has 9 heteroatoms. The lowest BCUT2D eigenvalue weighted by molar-refractivity contribution is -0.128. The van der Waals surface area contributed by atoms with Crippen LogP contribution in [-0.2, 0) is 16.1 Å². The van der Waals surface area contributed by atoms with Crippen molar-refractivity contribution in [1.29, 1.82) is 0 Å². The lowest BCUT2D eigenvalue weighted by Gasteiger charge is -2.23. The Morgan fingerprint density at radius 3 is 2.70 bits per heavy atom. The predicted molar refractivity (Wildman–Crippen MR) is 107 cm³/mol. The highest BCUT2D eigenvalue weighted by molar-refractivity contribution is 5.94. The van der Waals surface area contributed by atoms with Gasteiger partial charge in [0.1, 0.15) is 12.7 Å². The average molecular weight is 416 g/mol. The van der Waals surface area contributed by atoms with E-state index in [1.165, 1.54) is 0 Å². The summed E-state index contributed by atoms with van der Waals surface area (Å²) < 4.78 is 16.6. The van der Waals surface area contributed by atoms with E-state index in [2.05, 4.69) is 15.6 Å². The molecular weight excluding hydrogens is 393 g/mol. The quantitative estimate of drug-likeness (QED) is 0.753. The third-order valence-electron chi connectivity index (χ3n) is 3.79. The maximum Gasteiger partial charge on any atom is 0.254 e. The number of halogens is 2. The van der Waals surface area contributed by atoms with Crippen LogP contribution in [0.5, 0.6) is 11.5 Å². The van der Waals surface area contributed by atoms with E-state index in [4.69, 9.17) is 14.2 Å². The number of rotatable bonds is 6. The molecule has 148 valence electrons. The van der Waals surface area contributed by atoms with Gasteiger partial charge in [-0.1, -0.05) is 0 Å². The van der Waals surface area contributed by atoms with Crippen molar-refractivity contribution in [3.8, 4) is 11.5 Å². The Hall–Kier alpha value is -2.06. The molecule has 2 heterocycles. The molecule has 3 rings (SSSR count). The molecule has 1 atom stereocenters. The van der Waals surface area contributed by atoms with Gasteiger partial charge >= 0.3 is 0 Å². The Bertz CT molecular complexity index is 713. The van der Waals surface area contributed by atoms with Gasteiger partial charge in [0.2, 0.25) is 0 Å². The van der Waals surface area contributed by atoms with Crippen LogP contribution in [0.25, 0.3) is 0 Å². The summed E-state index contributed by atoms with van der Waals surface area (Å²) in [4.78, 5) is 16.2. The van der Waals surface area contributed by atoms with Crippen molar-refractivity contribution in [3.63, 3.8) is 0 Å². The van der Waals surface area contributed by atoms with E-state index >= 15 is 0 Å². The number of carbonyl (C=O) groups excluding carboxylic acids is 1. The number of aromatic nitrogens is 1. The molecule has 1 amide bonds. The smallest absolute Gasteiger partial charge is 0.254 e. The second kappa shape index (κ2) is 11.6. The predicted octanol–water partition coefficient (Wildman–Crippen LogP) is 2.44. The number of anilines is 1. The molecule has 1 fully saturated rings. The number of benzene rings is 1. The van der Waals surface area contributed by atoms with Crippen molar-refractivity contribution in [2.24, 2.45) is 0 Å². The van der Waals surface area contributed by atoms with Crippen molar-refractivity contribution in [2.75, 3.05) is 32.1 Å². The van der Waals surface area contributed by atoms with Crippen LogP contribution in [0, 0.1) is 0 Å². The molecule has 2 aromatic rings. The minimum atomic E-state index is -0.489. The maximum absolute atomic E-state index is 12.3. The van der Waals surface area contributed by atoms with Gasteiger partial charge in [-0.25, -0.2) is 0 Å². The van der Waals surface area contributed by atoms with Crippen LogP contribution in [0.2, 0.25) is 0 Å². The molecule has 1 unspecified atom stereocenters. The minimum Gasteiger partial charge on any atom is -0.493 e. The first-order valence-electron chi connectivity index (χ1n) is 8.09. The van der Waals surface area contributed by atoms with E-state index in [0.717, 1.165) is 12.1 Å². The van der Waals surface area contributed by atoms with E-state index in [9.17, 15) is 4.79 Å². The highest BCUT2D eigenvalue weighted by Crippen LogP contribution is 2.31. The van der Waals surface area contributed by atoms with E-state index in [-0.39, 0.29) is 30.7 Å². The van der Waals surface area contributed by atoms with Gasteiger partial charge in [-0.3, -0.25) is 9.78 Å². The van der Waals surface area contributed by atoms with Crippen LogP contribution in [-0.4, -0.2) is 43.8 Å². The van der Waals surface area contributed by atoms with Crippen molar-refractivity contribution < 1.29 is 19.0 Å². The number of methoxy groups -OCH3 is 1. The number of nitrogens with zero attached hydrogens (tertiary/aromatic N) is 1. The topological polar surface area (TPSA) is 81.7 Å². The highest BCUT2D eigenvalue weighted by Gasteiger charge is 2.22. The summed E-state index contributed by atoms with van der Waals surface area (Å²) in [6.45, 7) is 2.18. The molecule has 0 radical (unpaired) electrons. The van der Waals surface area contributed by atoms with Gasteiger partial charge in [-0.05, 0) is 29.8 Å². The minimum absolute atomic E-state index is 0. The molecule has 27 heavy (non-hydrogen) atoms. The van der Waals surface area contributed by atoms with E-state index in [1.54, 1.807) is 37.7 Å². The van der Waals surface area contributed by atoms with Gasteiger partial charge in [0.05, 0.1) is 13.7 Å². The number of ether oxygens (including phenoxy) is 3. The van der Waals surface area contributed by atoms with E-state index < -0.39 is 6.10 Å². The average Bonchev–Trinajstić information content (AvgIpc) is 2.68. The highest BCUT2D eigenvalue weighted by atomic mass is 35.5. The summed E-state index contributed by atoms with van der Waals surface area (Å²) in [5.74, 6) is 0.972. The molecule has 1 aliphatic heterocycles. The summed E-state index contributed by atoms with van der Waals surface area (Å²) in [6.07, 6.45) is 2.94. The van der Waals surface area contributed by atoms with Crippen molar-refractivity contribution >= 4 is 36.4 Å². The fourth-order valence-corrected chi connectivity index (χ4v) is 2.46. The second-order valence-corrected chi connectivity index (χ2v) is 5.56. The van der Waals surface area contributed by atoms with Crippen molar-refractivity contribution in [1.82, 2.24) is 10.3 Å². The molecule has 1 aromatic heterocycles. The van der Waals surface area contributed by atoms with Gasteiger partial charge in [0.15, 0.2) is 11.5 Å². The zero-order valence-electron chi connectivity index (χ0n) is 14.8. The van der Waals surface area contributed by atoms with E-state index in [1.807, 2.05) is 12.1 Å². The third kappa shape index (κ3) is 6.55. The van der Waals surface area contributed by atoms with Crippen molar-refractivity contribution in [3.05, 3.63) is 48.3 Å². The number of hydrogen-bond acceptors (Lipinski definition) is 6. The van der Waals surface area contributed by atoms with Gasteiger partial charge < -0.3 is 24.8 Å². The number of pyridine rings is 1. The van der Waals surface area contributed by atoms with Gasteiger partial charge in [-0.15, -0.1) is 24.8 Å². The first kappa shape index (κ1) is 23.0.